The molecule has 1 aromatic carbocycles. The fourth-order valence-corrected chi connectivity index (χ4v) is 1.96. The van der Waals surface area contributed by atoms with Crippen LogP contribution in [0.1, 0.15) is 26.7 Å². The van der Waals surface area contributed by atoms with Crippen LogP contribution in [0.4, 0.5) is 0 Å². The van der Waals surface area contributed by atoms with Crippen molar-refractivity contribution in [3.05, 3.63) is 24.3 Å². The van der Waals surface area contributed by atoms with Gasteiger partial charge in [-0.05, 0) is 30.7 Å². The summed E-state index contributed by atoms with van der Waals surface area (Å²) in [5, 5.41) is 2.80. The molecule has 0 saturated heterocycles. The Hall–Kier alpha value is -2.24. The number of nitrogens with one attached hydrogen (secondary N) is 1. The highest BCUT2D eigenvalue weighted by atomic mass is 16.5. The number of rotatable bonds is 10. The van der Waals surface area contributed by atoms with Gasteiger partial charge in [-0.3, -0.25) is 9.59 Å². The summed E-state index contributed by atoms with van der Waals surface area (Å²) in [6.45, 7) is 5.39. The Morgan fingerprint density at radius 2 is 1.78 bits per heavy atom. The lowest BCUT2D eigenvalue weighted by atomic mass is 10.3. The second-order valence-electron chi connectivity index (χ2n) is 5.13. The van der Waals surface area contributed by atoms with Gasteiger partial charge in [0.2, 0.25) is 11.8 Å². The van der Waals surface area contributed by atoms with Gasteiger partial charge in [-0.25, -0.2) is 0 Å². The third-order valence-electron chi connectivity index (χ3n) is 3.32. The molecule has 0 saturated carbocycles. The van der Waals surface area contributed by atoms with Crippen LogP contribution in [0.25, 0.3) is 0 Å². The van der Waals surface area contributed by atoms with Crippen molar-refractivity contribution in [3.63, 3.8) is 0 Å². The Balaban J connectivity index is 2.34. The van der Waals surface area contributed by atoms with Gasteiger partial charge in [0.25, 0.3) is 0 Å². The van der Waals surface area contributed by atoms with Gasteiger partial charge in [0, 0.05) is 26.4 Å². The molecule has 0 fully saturated rings. The fourth-order valence-electron chi connectivity index (χ4n) is 1.96. The maximum atomic E-state index is 11.6. The van der Waals surface area contributed by atoms with Gasteiger partial charge in [-0.15, -0.1) is 0 Å². The molecule has 128 valence electrons. The minimum atomic E-state index is -0.0633. The van der Waals surface area contributed by atoms with Crippen molar-refractivity contribution in [3.8, 4) is 11.5 Å². The molecule has 1 N–H and O–H groups in total. The first-order chi connectivity index (χ1) is 11.1. The maximum Gasteiger partial charge on any atom is 0.221 e. The molecule has 0 radical (unpaired) electrons. The van der Waals surface area contributed by atoms with Gasteiger partial charge in [0.15, 0.2) is 0 Å². The lowest BCUT2D eigenvalue weighted by molar-refractivity contribution is -0.130. The average molecular weight is 322 g/mol. The highest BCUT2D eigenvalue weighted by molar-refractivity contribution is 5.77. The molecule has 0 aromatic heterocycles. The third-order valence-corrected chi connectivity index (χ3v) is 3.32. The number of benzene rings is 1. The molecule has 0 aliphatic heterocycles. The van der Waals surface area contributed by atoms with Gasteiger partial charge >= 0.3 is 0 Å². The molecule has 1 rings (SSSR count). The lowest BCUT2D eigenvalue weighted by Gasteiger charge is -2.21. The van der Waals surface area contributed by atoms with E-state index in [9.17, 15) is 9.59 Å². The zero-order chi connectivity index (χ0) is 17.1. The van der Waals surface area contributed by atoms with Crippen LogP contribution in [0.5, 0.6) is 11.5 Å². The molecule has 1 aromatic rings. The first-order valence-corrected chi connectivity index (χ1v) is 7.86. The zero-order valence-corrected chi connectivity index (χ0v) is 14.1. The van der Waals surface area contributed by atoms with Gasteiger partial charge in [0.05, 0.1) is 13.7 Å². The Morgan fingerprint density at radius 3 is 2.35 bits per heavy atom. The van der Waals surface area contributed by atoms with E-state index in [4.69, 9.17) is 9.47 Å². The number of methoxy groups -OCH3 is 1. The third kappa shape index (κ3) is 7.54. The Kier molecular flexibility index (Phi) is 8.57. The molecule has 0 atom stereocenters. The summed E-state index contributed by atoms with van der Waals surface area (Å²) in [5.74, 6) is 1.39. The molecule has 0 aliphatic carbocycles. The van der Waals surface area contributed by atoms with E-state index in [0.717, 1.165) is 17.9 Å². The van der Waals surface area contributed by atoms with Gasteiger partial charge < -0.3 is 19.7 Å². The maximum absolute atomic E-state index is 11.6. The SMILES string of the molecule is CCCNC(=O)CCN(CCOc1ccc(OC)cc1)C(C)=O. The van der Waals surface area contributed by atoms with Crippen molar-refractivity contribution < 1.29 is 19.1 Å². The topological polar surface area (TPSA) is 67.9 Å². The van der Waals surface area contributed by atoms with Crippen LogP contribution in [-0.4, -0.2) is 50.1 Å². The number of carbonyl (C=O) groups is 2. The van der Waals surface area contributed by atoms with Crippen molar-refractivity contribution in [1.82, 2.24) is 10.2 Å². The van der Waals surface area contributed by atoms with E-state index in [0.29, 0.717) is 32.7 Å². The highest BCUT2D eigenvalue weighted by Gasteiger charge is 2.11. The number of ether oxygens (including phenoxy) is 2. The minimum absolute atomic E-state index is 0.0332. The van der Waals surface area contributed by atoms with Crippen LogP contribution in [0.2, 0.25) is 0 Å². The lowest BCUT2D eigenvalue weighted by Crippen LogP contribution is -2.36. The molecule has 2 amide bonds. The Morgan fingerprint density at radius 1 is 1.13 bits per heavy atom. The highest BCUT2D eigenvalue weighted by Crippen LogP contribution is 2.16. The van der Waals surface area contributed by atoms with E-state index in [1.807, 2.05) is 31.2 Å². The molecular weight excluding hydrogens is 296 g/mol. The second kappa shape index (κ2) is 10.5. The molecule has 0 spiro atoms. The predicted molar refractivity (Wildman–Crippen MR) is 88.7 cm³/mol. The van der Waals surface area contributed by atoms with Crippen LogP contribution < -0.4 is 14.8 Å². The number of hydrogen-bond acceptors (Lipinski definition) is 4. The quantitative estimate of drug-likeness (QED) is 0.714. The fraction of sp³-hybridized carbons (Fsp3) is 0.529. The Bertz CT molecular complexity index is 488. The first kappa shape index (κ1) is 18.8. The first-order valence-electron chi connectivity index (χ1n) is 7.86. The summed E-state index contributed by atoms with van der Waals surface area (Å²) < 4.78 is 10.7. The molecule has 0 unspecified atom stereocenters. The summed E-state index contributed by atoms with van der Waals surface area (Å²) in [4.78, 5) is 24.8. The number of carbonyl (C=O) groups excluding carboxylic acids is 2. The summed E-state index contributed by atoms with van der Waals surface area (Å²) in [6.07, 6.45) is 1.21. The molecule has 23 heavy (non-hydrogen) atoms. The van der Waals surface area contributed by atoms with E-state index < -0.39 is 0 Å². The summed E-state index contributed by atoms with van der Waals surface area (Å²) >= 11 is 0. The van der Waals surface area contributed by atoms with Crippen molar-refractivity contribution in [2.75, 3.05) is 33.4 Å². The van der Waals surface area contributed by atoms with E-state index in [-0.39, 0.29) is 11.8 Å². The van der Waals surface area contributed by atoms with Gasteiger partial charge in [0.1, 0.15) is 18.1 Å². The van der Waals surface area contributed by atoms with E-state index >= 15 is 0 Å². The normalized spacial score (nSPS) is 10.0. The molecule has 0 bridgehead atoms. The number of nitrogens with zero attached hydrogens (tertiary/aromatic N) is 1. The largest absolute Gasteiger partial charge is 0.497 e. The smallest absolute Gasteiger partial charge is 0.221 e. The average Bonchev–Trinajstić information content (AvgIpc) is 2.56. The molecule has 6 heteroatoms. The summed E-state index contributed by atoms with van der Waals surface area (Å²) in [7, 11) is 1.61. The molecular formula is C17H26N2O4. The van der Waals surface area contributed by atoms with E-state index in [2.05, 4.69) is 5.32 Å². The Labute approximate surface area is 137 Å². The monoisotopic (exact) mass is 322 g/mol. The summed E-state index contributed by atoms with van der Waals surface area (Å²) in [5.41, 5.74) is 0. The predicted octanol–water partition coefficient (Wildman–Crippen LogP) is 1.84. The number of amides is 2. The van der Waals surface area contributed by atoms with Crippen molar-refractivity contribution in [2.24, 2.45) is 0 Å². The molecule has 6 nitrogen and oxygen atoms in total. The van der Waals surface area contributed by atoms with Crippen molar-refractivity contribution in [1.29, 1.82) is 0 Å². The van der Waals surface area contributed by atoms with Crippen LogP contribution >= 0.6 is 0 Å². The zero-order valence-electron chi connectivity index (χ0n) is 14.1. The van der Waals surface area contributed by atoms with Gasteiger partial charge in [-0.1, -0.05) is 6.92 Å². The van der Waals surface area contributed by atoms with Crippen molar-refractivity contribution >= 4 is 11.8 Å². The number of hydrogen-bond donors (Lipinski definition) is 1. The summed E-state index contributed by atoms with van der Waals surface area (Å²) in [6, 6.07) is 7.26. The van der Waals surface area contributed by atoms with Crippen molar-refractivity contribution in [2.45, 2.75) is 26.7 Å². The van der Waals surface area contributed by atoms with E-state index in [1.54, 1.807) is 12.0 Å². The van der Waals surface area contributed by atoms with E-state index in [1.165, 1.54) is 6.92 Å². The standard InChI is InChI=1S/C17H26N2O4/c1-4-10-18-17(21)9-11-19(14(2)20)12-13-23-16-7-5-15(22-3)6-8-16/h5-8H,4,9-13H2,1-3H3,(H,18,21). The minimum Gasteiger partial charge on any atom is -0.497 e. The second-order valence-corrected chi connectivity index (χ2v) is 5.13. The van der Waals surface area contributed by atoms with Crippen LogP contribution in [0, 0.1) is 0 Å². The van der Waals surface area contributed by atoms with Gasteiger partial charge in [-0.2, -0.15) is 0 Å². The molecule has 0 aliphatic rings. The van der Waals surface area contributed by atoms with Crippen LogP contribution in [0.15, 0.2) is 24.3 Å². The van der Waals surface area contributed by atoms with Crippen LogP contribution in [0.3, 0.4) is 0 Å². The van der Waals surface area contributed by atoms with Crippen LogP contribution in [-0.2, 0) is 9.59 Å². The molecule has 0 heterocycles.